The van der Waals surface area contributed by atoms with Gasteiger partial charge in [0.25, 0.3) is 5.91 Å². The van der Waals surface area contributed by atoms with Gasteiger partial charge in [0.2, 0.25) is 0 Å². The molecule has 0 fully saturated rings. The molecule has 0 saturated carbocycles. The first kappa shape index (κ1) is 20.3. The minimum absolute atomic E-state index is 0.296. The van der Waals surface area contributed by atoms with Gasteiger partial charge in [0.05, 0.1) is 12.8 Å². The van der Waals surface area contributed by atoms with Crippen LogP contribution in [0.2, 0.25) is 0 Å². The number of methoxy groups -OCH3 is 1. The number of hydrogen-bond donors (Lipinski definition) is 2. The number of carbonyl (C=O) groups excluding carboxylic acids is 1. The summed E-state index contributed by atoms with van der Waals surface area (Å²) in [6.45, 7) is 1.84. The Hall–Kier alpha value is -3.39. The molecule has 0 saturated heterocycles. The number of hydrogen-bond acceptors (Lipinski definition) is 7. The van der Waals surface area contributed by atoms with Crippen molar-refractivity contribution in [2.75, 3.05) is 12.8 Å². The normalized spacial score (nSPS) is 11.2. The summed E-state index contributed by atoms with van der Waals surface area (Å²) < 4.78 is 5.46. The van der Waals surface area contributed by atoms with Crippen LogP contribution >= 0.6 is 11.8 Å². The van der Waals surface area contributed by atoms with Crippen molar-refractivity contribution in [2.24, 2.45) is 5.10 Å². The van der Waals surface area contributed by atoms with Crippen LogP contribution in [0.5, 0.6) is 5.75 Å². The Kier molecular flexibility index (Phi) is 6.80. The van der Waals surface area contributed by atoms with Gasteiger partial charge in [-0.3, -0.25) is 4.79 Å². The Morgan fingerprint density at radius 2 is 1.83 bits per heavy atom. The average Bonchev–Trinajstić information content (AvgIpc) is 2.76. The third-order valence-corrected chi connectivity index (χ3v) is 5.02. The monoisotopic (exact) mass is 407 g/mol. The van der Waals surface area contributed by atoms with Crippen molar-refractivity contribution in [1.82, 2.24) is 15.4 Å². The molecule has 0 bridgehead atoms. The number of rotatable bonds is 7. The van der Waals surface area contributed by atoms with E-state index in [0.29, 0.717) is 27.9 Å². The van der Waals surface area contributed by atoms with Gasteiger partial charge in [0.15, 0.2) is 5.16 Å². The second-order valence-corrected chi connectivity index (χ2v) is 7.05. The molecule has 0 radical (unpaired) electrons. The van der Waals surface area contributed by atoms with Gasteiger partial charge >= 0.3 is 0 Å². The quantitative estimate of drug-likeness (QED) is 0.204. The lowest BCUT2D eigenvalue weighted by Crippen LogP contribution is -2.19. The predicted molar refractivity (Wildman–Crippen MR) is 115 cm³/mol. The van der Waals surface area contributed by atoms with E-state index < -0.39 is 0 Å². The minimum atomic E-state index is -0.296. The molecule has 0 spiro atoms. The Morgan fingerprint density at radius 3 is 2.52 bits per heavy atom. The number of thioether (sulfide) groups is 1. The Balaban J connectivity index is 1.72. The lowest BCUT2D eigenvalue weighted by molar-refractivity contribution is 0.0955. The fourth-order valence-electron chi connectivity index (χ4n) is 2.52. The zero-order valence-electron chi connectivity index (χ0n) is 16.1. The van der Waals surface area contributed by atoms with Crippen molar-refractivity contribution >= 4 is 29.1 Å². The maximum absolute atomic E-state index is 12.2. The second kappa shape index (κ2) is 9.70. The van der Waals surface area contributed by atoms with Crippen LogP contribution in [0, 0.1) is 0 Å². The Bertz CT molecular complexity index is 1010. The molecule has 1 aromatic heterocycles. The molecule has 148 valence electrons. The van der Waals surface area contributed by atoms with Crippen LogP contribution in [0.15, 0.2) is 71.2 Å². The minimum Gasteiger partial charge on any atom is -0.496 e. The summed E-state index contributed by atoms with van der Waals surface area (Å²) >= 11 is 1.52. The predicted octanol–water partition coefficient (Wildman–Crippen LogP) is 3.51. The van der Waals surface area contributed by atoms with Crippen LogP contribution in [0.4, 0.5) is 5.69 Å². The third kappa shape index (κ3) is 5.55. The van der Waals surface area contributed by atoms with Gasteiger partial charge in [-0.2, -0.15) is 5.10 Å². The lowest BCUT2D eigenvalue weighted by Gasteiger charge is -2.10. The summed E-state index contributed by atoms with van der Waals surface area (Å²) in [5.41, 5.74) is 11.9. The van der Waals surface area contributed by atoms with E-state index in [1.165, 1.54) is 11.8 Å². The number of nitrogens with one attached hydrogen (secondary N) is 1. The van der Waals surface area contributed by atoms with E-state index in [9.17, 15) is 4.79 Å². The smallest absolute Gasteiger partial charge is 0.271 e. The van der Waals surface area contributed by atoms with Crippen LogP contribution in [-0.2, 0) is 5.75 Å². The van der Waals surface area contributed by atoms with Crippen LogP contribution in [0.25, 0.3) is 0 Å². The van der Waals surface area contributed by atoms with Gasteiger partial charge in [0, 0.05) is 35.0 Å². The van der Waals surface area contributed by atoms with Crippen molar-refractivity contribution < 1.29 is 9.53 Å². The highest BCUT2D eigenvalue weighted by atomic mass is 32.2. The Morgan fingerprint density at radius 1 is 1.14 bits per heavy atom. The highest BCUT2D eigenvalue weighted by Gasteiger charge is 2.09. The number of nitrogens with zero attached hydrogens (tertiary/aromatic N) is 3. The first-order valence-electron chi connectivity index (χ1n) is 8.84. The van der Waals surface area contributed by atoms with E-state index in [0.717, 1.165) is 16.9 Å². The highest BCUT2D eigenvalue weighted by Crippen LogP contribution is 2.27. The fourth-order valence-corrected chi connectivity index (χ4v) is 3.30. The molecule has 3 aromatic rings. The summed E-state index contributed by atoms with van der Waals surface area (Å²) in [6, 6.07) is 14.2. The molecule has 2 aromatic carbocycles. The summed E-state index contributed by atoms with van der Waals surface area (Å²) in [7, 11) is 1.63. The molecule has 0 aliphatic rings. The molecule has 7 nitrogen and oxygen atoms in total. The number of ether oxygens (including phenoxy) is 1. The van der Waals surface area contributed by atoms with Crippen molar-refractivity contribution in [1.29, 1.82) is 0 Å². The van der Waals surface area contributed by atoms with Crippen molar-refractivity contribution in [3.05, 3.63) is 77.6 Å². The van der Waals surface area contributed by atoms with E-state index in [-0.39, 0.29) is 5.91 Å². The standard InChI is InChI=1S/C21H21N5O2S/c1-14(25-26-20(27)15-4-7-18(22)8-5-15)16-6-9-19(28-2)17(12-16)13-29-21-23-10-3-11-24-21/h3-12H,13,22H2,1-2H3,(H,26,27). The number of anilines is 1. The zero-order valence-corrected chi connectivity index (χ0v) is 16.9. The number of nitrogens with two attached hydrogens (primary N) is 1. The highest BCUT2D eigenvalue weighted by molar-refractivity contribution is 7.98. The molecule has 0 aliphatic carbocycles. The zero-order chi connectivity index (χ0) is 20.6. The summed E-state index contributed by atoms with van der Waals surface area (Å²) in [5.74, 6) is 1.12. The molecule has 0 aliphatic heterocycles. The SMILES string of the molecule is COc1ccc(C(C)=NNC(=O)c2ccc(N)cc2)cc1CSc1ncccn1. The van der Waals surface area contributed by atoms with E-state index >= 15 is 0 Å². The summed E-state index contributed by atoms with van der Waals surface area (Å²) in [4.78, 5) is 20.7. The fraction of sp³-hybridized carbons (Fsp3) is 0.143. The molecule has 3 rings (SSSR count). The number of nitrogen functional groups attached to an aromatic ring is 1. The molecular formula is C21H21N5O2S. The van der Waals surface area contributed by atoms with Crippen molar-refractivity contribution in [3.8, 4) is 5.75 Å². The van der Waals surface area contributed by atoms with Gasteiger partial charge < -0.3 is 10.5 Å². The van der Waals surface area contributed by atoms with E-state index in [2.05, 4.69) is 20.5 Å². The second-order valence-electron chi connectivity index (χ2n) is 6.11. The molecular weight excluding hydrogens is 386 g/mol. The first-order chi connectivity index (χ1) is 14.1. The lowest BCUT2D eigenvalue weighted by atomic mass is 10.1. The van der Waals surface area contributed by atoms with Crippen LogP contribution in [0.1, 0.15) is 28.4 Å². The summed E-state index contributed by atoms with van der Waals surface area (Å²) in [6.07, 6.45) is 3.42. The van der Waals surface area contributed by atoms with Crippen LogP contribution in [-0.4, -0.2) is 28.7 Å². The first-order valence-corrected chi connectivity index (χ1v) is 9.82. The number of amides is 1. The van der Waals surface area contributed by atoms with Gasteiger partial charge in [0.1, 0.15) is 5.75 Å². The molecule has 1 amide bonds. The van der Waals surface area contributed by atoms with Gasteiger partial charge in [-0.05, 0) is 61.0 Å². The number of aromatic nitrogens is 2. The Labute approximate surface area is 173 Å². The molecule has 0 unspecified atom stereocenters. The van der Waals surface area contributed by atoms with Gasteiger partial charge in [-0.15, -0.1) is 0 Å². The third-order valence-electron chi connectivity index (χ3n) is 4.10. The number of hydrazone groups is 1. The maximum atomic E-state index is 12.2. The van der Waals surface area contributed by atoms with Gasteiger partial charge in [-0.1, -0.05) is 11.8 Å². The van der Waals surface area contributed by atoms with E-state index in [1.807, 2.05) is 25.1 Å². The molecule has 0 atom stereocenters. The number of carbonyl (C=O) groups is 1. The average molecular weight is 407 g/mol. The largest absolute Gasteiger partial charge is 0.496 e. The maximum Gasteiger partial charge on any atom is 0.271 e. The molecule has 3 N–H and O–H groups in total. The van der Waals surface area contributed by atoms with Crippen molar-refractivity contribution in [3.63, 3.8) is 0 Å². The summed E-state index contributed by atoms with van der Waals surface area (Å²) in [5, 5.41) is 4.92. The molecule has 29 heavy (non-hydrogen) atoms. The topological polar surface area (TPSA) is 102 Å². The van der Waals surface area contributed by atoms with Crippen LogP contribution in [0.3, 0.4) is 0 Å². The van der Waals surface area contributed by atoms with Crippen LogP contribution < -0.4 is 15.9 Å². The molecule has 8 heteroatoms. The van der Waals surface area contributed by atoms with E-state index in [4.69, 9.17) is 10.5 Å². The van der Waals surface area contributed by atoms with E-state index in [1.54, 1.807) is 49.8 Å². The van der Waals surface area contributed by atoms with Gasteiger partial charge in [-0.25, -0.2) is 15.4 Å². The number of benzene rings is 2. The molecule has 1 heterocycles. The van der Waals surface area contributed by atoms with Crippen molar-refractivity contribution in [2.45, 2.75) is 17.8 Å².